The molecule has 0 radical (unpaired) electrons. The Kier molecular flexibility index (Phi) is 4.37. The van der Waals surface area contributed by atoms with Crippen molar-refractivity contribution in [3.63, 3.8) is 0 Å². The second-order valence-electron chi connectivity index (χ2n) is 5.60. The van der Waals surface area contributed by atoms with Gasteiger partial charge in [0.15, 0.2) is 6.61 Å². The Morgan fingerprint density at radius 1 is 1.43 bits per heavy atom. The molecule has 0 bridgehead atoms. The summed E-state index contributed by atoms with van der Waals surface area (Å²) in [6.07, 6.45) is 1.67. The number of halogens is 1. The summed E-state index contributed by atoms with van der Waals surface area (Å²) in [5.74, 6) is 0.407. The molecular weight excluding hydrogens is 338 g/mol. The van der Waals surface area contributed by atoms with Gasteiger partial charge in [0.2, 0.25) is 5.89 Å². The second-order valence-corrected chi connectivity index (χ2v) is 6.52. The van der Waals surface area contributed by atoms with E-state index in [0.29, 0.717) is 10.4 Å². The maximum atomic E-state index is 11.2. The first-order valence-electron chi connectivity index (χ1n) is 6.38. The lowest BCUT2D eigenvalue weighted by Crippen LogP contribution is -2.09. The minimum absolute atomic E-state index is 0.0813. The predicted molar refractivity (Wildman–Crippen MR) is 80.6 cm³/mol. The van der Waals surface area contributed by atoms with Crippen LogP contribution in [0.5, 0.6) is 5.75 Å². The third kappa shape index (κ3) is 3.85. The zero-order valence-corrected chi connectivity index (χ0v) is 13.6. The fraction of sp³-hybridized carbons (Fsp3) is 0.333. The van der Waals surface area contributed by atoms with Gasteiger partial charge in [-0.1, -0.05) is 36.7 Å². The van der Waals surface area contributed by atoms with Gasteiger partial charge in [-0.05, 0) is 18.2 Å². The van der Waals surface area contributed by atoms with Gasteiger partial charge in [-0.3, -0.25) is 0 Å². The van der Waals surface area contributed by atoms with Crippen LogP contribution in [0.2, 0.25) is 0 Å². The van der Waals surface area contributed by atoms with E-state index in [2.05, 4.69) is 20.9 Å². The number of oxazole rings is 1. The lowest BCUT2D eigenvalue weighted by Gasteiger charge is -2.13. The Morgan fingerprint density at radius 3 is 2.71 bits per heavy atom. The highest BCUT2D eigenvalue weighted by atomic mass is 79.9. The van der Waals surface area contributed by atoms with Crippen molar-refractivity contribution in [1.82, 2.24) is 4.98 Å². The van der Waals surface area contributed by atoms with Crippen LogP contribution in [0.1, 0.15) is 42.8 Å². The zero-order valence-electron chi connectivity index (χ0n) is 12.0. The summed E-state index contributed by atoms with van der Waals surface area (Å²) < 4.78 is 11.8. The largest absolute Gasteiger partial charge is 0.483 e. The number of hydrogen-bond acceptors (Lipinski definition) is 4. The maximum absolute atomic E-state index is 11.2. The summed E-state index contributed by atoms with van der Waals surface area (Å²) >= 11 is 3.24. The highest BCUT2D eigenvalue weighted by Crippen LogP contribution is 2.26. The number of benzene rings is 1. The smallest absolute Gasteiger partial charge is 0.339 e. The van der Waals surface area contributed by atoms with Crippen LogP contribution in [0, 0.1) is 0 Å². The first-order valence-corrected chi connectivity index (χ1v) is 7.17. The molecule has 1 aromatic carbocycles. The summed E-state index contributed by atoms with van der Waals surface area (Å²) in [5.41, 5.74) is -0.0401. The van der Waals surface area contributed by atoms with E-state index < -0.39 is 5.97 Å². The molecule has 0 saturated carbocycles. The van der Waals surface area contributed by atoms with Crippen molar-refractivity contribution in [3.8, 4) is 5.75 Å². The van der Waals surface area contributed by atoms with Gasteiger partial charge in [0, 0.05) is 9.89 Å². The molecule has 112 valence electrons. The molecule has 0 aliphatic rings. The molecule has 0 saturated heterocycles. The van der Waals surface area contributed by atoms with Crippen molar-refractivity contribution in [2.75, 3.05) is 0 Å². The van der Waals surface area contributed by atoms with E-state index in [1.165, 1.54) is 6.07 Å². The molecule has 21 heavy (non-hydrogen) atoms. The average Bonchev–Trinajstić information content (AvgIpc) is 2.85. The normalized spacial score (nSPS) is 11.4. The van der Waals surface area contributed by atoms with Gasteiger partial charge < -0.3 is 14.3 Å². The first kappa shape index (κ1) is 15.6. The molecule has 1 N–H and O–H groups in total. The van der Waals surface area contributed by atoms with Gasteiger partial charge >= 0.3 is 5.97 Å². The Hall–Kier alpha value is -1.82. The van der Waals surface area contributed by atoms with Gasteiger partial charge in [0.25, 0.3) is 0 Å². The van der Waals surface area contributed by atoms with Gasteiger partial charge in [-0.25, -0.2) is 9.78 Å². The number of carboxylic acids is 1. The van der Waals surface area contributed by atoms with Crippen LogP contribution in [0.3, 0.4) is 0 Å². The van der Waals surface area contributed by atoms with Crippen LogP contribution in [-0.4, -0.2) is 16.1 Å². The fourth-order valence-corrected chi connectivity index (χ4v) is 2.02. The van der Waals surface area contributed by atoms with Crippen LogP contribution < -0.4 is 4.74 Å². The minimum Gasteiger partial charge on any atom is -0.483 e. The molecule has 2 aromatic rings. The monoisotopic (exact) mass is 353 g/mol. The summed E-state index contributed by atoms with van der Waals surface area (Å²) in [5, 5.41) is 9.16. The van der Waals surface area contributed by atoms with Crippen LogP contribution in [-0.2, 0) is 12.0 Å². The molecule has 0 atom stereocenters. The van der Waals surface area contributed by atoms with Gasteiger partial charge in [-0.2, -0.15) is 0 Å². The zero-order chi connectivity index (χ0) is 15.6. The lowest BCUT2D eigenvalue weighted by molar-refractivity contribution is 0.0691. The standard InChI is InChI=1S/C15H16BrNO4/c1-15(2,3)12-7-17-13(21-12)8-20-11-5-4-9(16)6-10(11)14(18)19/h4-7H,8H2,1-3H3,(H,18,19). The molecule has 2 rings (SSSR count). The third-order valence-electron chi connectivity index (χ3n) is 2.82. The number of aromatic nitrogens is 1. The summed E-state index contributed by atoms with van der Waals surface area (Å²) in [4.78, 5) is 15.3. The third-order valence-corrected chi connectivity index (χ3v) is 3.31. The molecule has 1 aromatic heterocycles. The van der Waals surface area contributed by atoms with E-state index in [1.807, 2.05) is 20.8 Å². The molecule has 0 unspecified atom stereocenters. The molecule has 1 heterocycles. The molecule has 0 fully saturated rings. The molecule has 6 heteroatoms. The van der Waals surface area contributed by atoms with Gasteiger partial charge in [0.05, 0.1) is 6.20 Å². The second kappa shape index (κ2) is 5.89. The summed E-state index contributed by atoms with van der Waals surface area (Å²) in [6, 6.07) is 4.81. The SMILES string of the molecule is CC(C)(C)c1cnc(COc2ccc(Br)cc2C(=O)O)o1. The van der Waals surface area contributed by atoms with Crippen molar-refractivity contribution < 1.29 is 19.1 Å². The van der Waals surface area contributed by atoms with E-state index >= 15 is 0 Å². The van der Waals surface area contributed by atoms with E-state index in [9.17, 15) is 4.79 Å². The number of ether oxygens (including phenoxy) is 1. The van der Waals surface area contributed by atoms with E-state index in [-0.39, 0.29) is 23.3 Å². The number of nitrogens with zero attached hydrogens (tertiary/aromatic N) is 1. The average molecular weight is 354 g/mol. The van der Waals surface area contributed by atoms with E-state index in [1.54, 1.807) is 18.3 Å². The Balaban J connectivity index is 2.13. The summed E-state index contributed by atoms with van der Waals surface area (Å²) in [7, 11) is 0. The fourth-order valence-electron chi connectivity index (χ4n) is 1.66. The van der Waals surface area contributed by atoms with Crippen LogP contribution in [0.25, 0.3) is 0 Å². The molecule has 0 aliphatic heterocycles. The van der Waals surface area contributed by atoms with Gasteiger partial charge in [0.1, 0.15) is 17.1 Å². The number of carbonyl (C=O) groups is 1. The van der Waals surface area contributed by atoms with E-state index in [0.717, 1.165) is 5.76 Å². The number of carboxylic acid groups (broad SMARTS) is 1. The van der Waals surface area contributed by atoms with E-state index in [4.69, 9.17) is 14.3 Å². The maximum Gasteiger partial charge on any atom is 0.339 e. The number of hydrogen-bond donors (Lipinski definition) is 1. The number of aromatic carboxylic acids is 1. The highest BCUT2D eigenvalue weighted by Gasteiger charge is 2.19. The van der Waals surface area contributed by atoms with Crippen molar-refractivity contribution in [1.29, 1.82) is 0 Å². The Morgan fingerprint density at radius 2 is 2.14 bits per heavy atom. The van der Waals surface area contributed by atoms with Crippen molar-refractivity contribution in [3.05, 3.63) is 46.1 Å². The van der Waals surface area contributed by atoms with Crippen LogP contribution in [0.4, 0.5) is 0 Å². The lowest BCUT2D eigenvalue weighted by atomic mass is 9.94. The topological polar surface area (TPSA) is 72.6 Å². The summed E-state index contributed by atoms with van der Waals surface area (Å²) in [6.45, 7) is 6.15. The van der Waals surface area contributed by atoms with Crippen LogP contribution >= 0.6 is 15.9 Å². The first-order chi connectivity index (χ1) is 9.77. The molecule has 0 amide bonds. The molecule has 0 spiro atoms. The van der Waals surface area contributed by atoms with Gasteiger partial charge in [-0.15, -0.1) is 0 Å². The molecule has 0 aliphatic carbocycles. The molecular formula is C15H16BrNO4. The van der Waals surface area contributed by atoms with Crippen molar-refractivity contribution in [2.24, 2.45) is 0 Å². The Bertz CT molecular complexity index is 658. The predicted octanol–water partition coefficient (Wildman–Crippen LogP) is 4.01. The minimum atomic E-state index is -1.05. The number of rotatable bonds is 4. The quantitative estimate of drug-likeness (QED) is 0.898. The molecule has 5 nitrogen and oxygen atoms in total. The van der Waals surface area contributed by atoms with Crippen molar-refractivity contribution in [2.45, 2.75) is 32.8 Å². The van der Waals surface area contributed by atoms with Crippen LogP contribution in [0.15, 0.2) is 33.3 Å². The Labute approximate surface area is 131 Å². The highest BCUT2D eigenvalue weighted by molar-refractivity contribution is 9.10. The van der Waals surface area contributed by atoms with Crippen molar-refractivity contribution >= 4 is 21.9 Å².